The van der Waals surface area contributed by atoms with Crippen LogP contribution in [0.15, 0.2) is 49.1 Å². The van der Waals surface area contributed by atoms with Gasteiger partial charge in [0.2, 0.25) is 0 Å². The van der Waals surface area contributed by atoms with Gasteiger partial charge in [-0.25, -0.2) is 9.13 Å². The lowest BCUT2D eigenvalue weighted by atomic mass is 10.1. The summed E-state index contributed by atoms with van der Waals surface area (Å²) in [4.78, 5) is 0. The van der Waals surface area contributed by atoms with Crippen molar-refractivity contribution < 1.29 is 52.6 Å². The Kier molecular flexibility index (Phi) is 34.8. The molecule has 0 unspecified atom stereocenters. The Morgan fingerprint density at radius 2 is 0.604 bits per heavy atom. The fraction of sp³-hybridized carbons (Fsp3) is 0.762. The Labute approximate surface area is 318 Å². The minimum absolute atomic E-state index is 0. The maximum atomic E-state index is 5.99. The first-order chi connectivity index (χ1) is 22.8. The van der Waals surface area contributed by atoms with Crippen LogP contribution >= 0.6 is 0 Å². The first-order valence-corrected chi connectivity index (χ1v) is 20.1. The topological polar surface area (TPSA) is 26.2 Å². The highest BCUT2D eigenvalue weighted by Gasteiger charge is 2.04. The van der Waals surface area contributed by atoms with Gasteiger partial charge in [-0.15, -0.1) is 0 Å². The van der Waals surface area contributed by atoms with Gasteiger partial charge in [0.05, 0.1) is 13.2 Å². The van der Waals surface area contributed by atoms with E-state index >= 15 is 0 Å². The zero-order valence-corrected chi connectivity index (χ0v) is 34.5. The summed E-state index contributed by atoms with van der Waals surface area (Å²) in [6, 6.07) is 8.50. The lowest BCUT2D eigenvalue weighted by molar-refractivity contribution is -0.697. The Morgan fingerprint density at radius 3 is 0.896 bits per heavy atom. The summed E-state index contributed by atoms with van der Waals surface area (Å²) in [7, 11) is 0. The number of nitrogens with zero attached hydrogens (tertiary/aromatic N) is 2. The molecule has 0 N–H and O–H groups in total. The predicted molar refractivity (Wildman–Crippen MR) is 196 cm³/mol. The summed E-state index contributed by atoms with van der Waals surface area (Å²) >= 11 is 0. The van der Waals surface area contributed by atoms with Gasteiger partial charge in [0.25, 0.3) is 0 Å². The van der Waals surface area contributed by atoms with Crippen LogP contribution in [0.5, 0.6) is 11.5 Å². The molecule has 2 heterocycles. The quantitative estimate of drug-likeness (QED) is 0.0664. The number of unbranched alkanes of at least 4 members (excludes halogenated alkanes) is 23. The molecule has 0 aromatic carbocycles. The first kappa shape index (κ1) is 46.9. The van der Waals surface area contributed by atoms with Gasteiger partial charge in [-0.05, 0) is 25.7 Å². The highest BCUT2D eigenvalue weighted by molar-refractivity contribution is 5.15. The largest absolute Gasteiger partial charge is 1.00 e. The summed E-state index contributed by atoms with van der Waals surface area (Å²) in [5.74, 6) is 2.00. The molecule has 0 radical (unpaired) electrons. The second-order valence-electron chi connectivity index (χ2n) is 13.7. The predicted octanol–water partition coefficient (Wildman–Crippen LogP) is 5.91. The fourth-order valence-electron chi connectivity index (χ4n) is 6.23. The van der Waals surface area contributed by atoms with Crippen molar-refractivity contribution in [2.75, 3.05) is 13.2 Å². The average Bonchev–Trinajstić information content (AvgIpc) is 3.08. The zero-order chi connectivity index (χ0) is 32.6. The zero-order valence-electron chi connectivity index (χ0n) is 31.3. The van der Waals surface area contributed by atoms with Crippen LogP contribution < -0.4 is 52.6 Å². The number of aryl methyl sites for hydroxylation is 2. The number of hydrogen-bond donors (Lipinski definition) is 0. The minimum Gasteiger partial charge on any atom is -1.00 e. The number of hydrogen-bond acceptors (Lipinski definition) is 2. The van der Waals surface area contributed by atoms with Crippen molar-refractivity contribution in [2.24, 2.45) is 0 Å². The van der Waals surface area contributed by atoms with Gasteiger partial charge >= 0.3 is 0 Å². The maximum absolute atomic E-state index is 5.99. The number of halogens is 2. The Bertz CT molecular complexity index is 835. The van der Waals surface area contributed by atoms with Gasteiger partial charge in [-0.1, -0.05) is 142 Å². The van der Waals surface area contributed by atoms with E-state index in [1.807, 2.05) is 0 Å². The van der Waals surface area contributed by atoms with E-state index in [4.69, 9.17) is 9.47 Å². The molecule has 0 amide bonds. The summed E-state index contributed by atoms with van der Waals surface area (Å²) in [5.41, 5.74) is 0. The smallest absolute Gasteiger partial charge is 0.172 e. The molecule has 0 aliphatic rings. The van der Waals surface area contributed by atoms with E-state index in [0.29, 0.717) is 0 Å². The highest BCUT2D eigenvalue weighted by Crippen LogP contribution is 2.14. The molecule has 2 aromatic rings. The molecule has 4 nitrogen and oxygen atoms in total. The molecule has 2 aromatic heterocycles. The molecule has 278 valence electrons. The molecule has 0 fully saturated rings. The van der Waals surface area contributed by atoms with Crippen LogP contribution in [0.4, 0.5) is 0 Å². The van der Waals surface area contributed by atoms with E-state index in [1.165, 1.54) is 154 Å². The van der Waals surface area contributed by atoms with E-state index in [0.717, 1.165) is 50.6 Å². The summed E-state index contributed by atoms with van der Waals surface area (Å²) < 4.78 is 16.6. The monoisotopic (exact) mass is 796 g/mol. The lowest BCUT2D eigenvalue weighted by Gasteiger charge is -2.07. The van der Waals surface area contributed by atoms with Gasteiger partial charge in [-0.3, -0.25) is 0 Å². The first-order valence-electron chi connectivity index (χ1n) is 20.1. The summed E-state index contributed by atoms with van der Waals surface area (Å²) in [6.07, 6.45) is 43.8. The highest BCUT2D eigenvalue weighted by atomic mass is 79.9. The molecule has 0 spiro atoms. The van der Waals surface area contributed by atoms with Gasteiger partial charge in [-0.2, -0.15) is 0 Å². The molecule has 2 rings (SSSR count). The third-order valence-electron chi connectivity index (χ3n) is 9.34. The molecular formula is C42H74Br2N2O2. The standard InChI is InChI=1S/C42H74N2O2.2BrH/c1-3-5-7-9-11-13-15-17-21-25-33-43-35-29-41(30-36-43)45-39-27-23-19-20-24-28-40-46-42-31-37-44(38-32-42)34-26-22-18-16-14-12-10-8-6-4-2;;/h29-32,35-38H,3-28,33-34,39-40H2,1-2H3;2*1H/q+2;;/p-2. The number of ether oxygens (including phenoxy) is 2. The maximum Gasteiger partial charge on any atom is 0.172 e. The Hall–Kier alpha value is -1.14. The van der Waals surface area contributed by atoms with E-state index in [1.54, 1.807) is 0 Å². The van der Waals surface area contributed by atoms with Gasteiger partial charge in [0, 0.05) is 37.1 Å². The Morgan fingerprint density at radius 1 is 0.354 bits per heavy atom. The van der Waals surface area contributed by atoms with Gasteiger partial charge < -0.3 is 43.4 Å². The second-order valence-corrected chi connectivity index (χ2v) is 13.7. The van der Waals surface area contributed by atoms with Crippen LogP contribution in [-0.4, -0.2) is 13.2 Å². The molecule has 0 atom stereocenters. The fourth-order valence-corrected chi connectivity index (χ4v) is 6.23. The van der Waals surface area contributed by atoms with Crippen molar-refractivity contribution >= 4 is 0 Å². The van der Waals surface area contributed by atoms with Crippen molar-refractivity contribution in [3.8, 4) is 11.5 Å². The van der Waals surface area contributed by atoms with E-state index in [2.05, 4.69) is 72.0 Å². The molecular weight excluding hydrogens is 724 g/mol. The van der Waals surface area contributed by atoms with Gasteiger partial charge in [0.15, 0.2) is 24.8 Å². The van der Waals surface area contributed by atoms with Crippen molar-refractivity contribution in [3.05, 3.63) is 49.1 Å². The summed E-state index contributed by atoms with van der Waals surface area (Å²) in [6.45, 7) is 8.45. The molecule has 6 heteroatoms. The molecule has 0 aliphatic carbocycles. The SMILES string of the molecule is CCCCCCCCCCCC[n+]1ccc(OCCCCCCCCOc2cc[n+](CCCCCCCCCCCC)cc2)cc1.[Br-].[Br-]. The van der Waals surface area contributed by atoms with Gasteiger partial charge in [0.1, 0.15) is 24.6 Å². The number of rotatable bonds is 33. The van der Waals surface area contributed by atoms with Crippen LogP contribution in [0.2, 0.25) is 0 Å². The van der Waals surface area contributed by atoms with E-state index < -0.39 is 0 Å². The normalized spacial score (nSPS) is 10.8. The molecule has 0 bridgehead atoms. The molecule has 0 aliphatic heterocycles. The molecule has 48 heavy (non-hydrogen) atoms. The third kappa shape index (κ3) is 27.7. The Balaban J connectivity index is 0.0000110. The minimum atomic E-state index is 0. The van der Waals surface area contributed by atoms with Crippen LogP contribution in [0, 0.1) is 0 Å². The summed E-state index contributed by atoms with van der Waals surface area (Å²) in [5, 5.41) is 0. The second kappa shape index (κ2) is 35.7. The van der Waals surface area contributed by atoms with E-state index in [9.17, 15) is 0 Å². The number of pyridine rings is 2. The third-order valence-corrected chi connectivity index (χ3v) is 9.34. The van der Waals surface area contributed by atoms with Crippen LogP contribution in [0.1, 0.15) is 181 Å². The van der Waals surface area contributed by atoms with Crippen LogP contribution in [0.3, 0.4) is 0 Å². The van der Waals surface area contributed by atoms with Crippen molar-refractivity contribution in [2.45, 2.75) is 194 Å². The van der Waals surface area contributed by atoms with Crippen LogP contribution in [0.25, 0.3) is 0 Å². The van der Waals surface area contributed by atoms with Crippen molar-refractivity contribution in [1.29, 1.82) is 0 Å². The average molecular weight is 799 g/mol. The lowest BCUT2D eigenvalue weighted by Crippen LogP contribution is -3.00. The molecule has 0 saturated carbocycles. The number of aromatic nitrogens is 2. The molecule has 0 saturated heterocycles. The van der Waals surface area contributed by atoms with E-state index in [-0.39, 0.29) is 34.0 Å². The van der Waals surface area contributed by atoms with Crippen LogP contribution in [-0.2, 0) is 13.1 Å². The van der Waals surface area contributed by atoms with Crippen molar-refractivity contribution in [1.82, 2.24) is 0 Å². The van der Waals surface area contributed by atoms with Crippen molar-refractivity contribution in [3.63, 3.8) is 0 Å².